The van der Waals surface area contributed by atoms with E-state index in [0.717, 1.165) is 0 Å². The zero-order valence-corrected chi connectivity index (χ0v) is 10.2. The molecule has 98 valence electrons. The van der Waals surface area contributed by atoms with E-state index >= 15 is 0 Å². The summed E-state index contributed by atoms with van der Waals surface area (Å²) in [7, 11) is 1.50. The van der Waals surface area contributed by atoms with Gasteiger partial charge in [-0.25, -0.2) is 0 Å². The Bertz CT molecular complexity index is 394. The van der Waals surface area contributed by atoms with Gasteiger partial charge in [0.05, 0.1) is 13.0 Å². The fourth-order valence-corrected chi connectivity index (χ4v) is 1.43. The van der Waals surface area contributed by atoms with Crippen molar-refractivity contribution < 1.29 is 19.4 Å². The zero-order valence-electron chi connectivity index (χ0n) is 10.2. The molecule has 0 aliphatic heterocycles. The van der Waals surface area contributed by atoms with Crippen molar-refractivity contribution in [1.29, 1.82) is 0 Å². The number of nitrogens with zero attached hydrogens (tertiary/aromatic N) is 2. The number of ether oxygens (including phenoxy) is 1. The van der Waals surface area contributed by atoms with E-state index in [4.69, 9.17) is 9.84 Å². The number of methoxy groups -OCH3 is 1. The molecule has 1 rings (SSSR count). The van der Waals surface area contributed by atoms with E-state index in [1.165, 1.54) is 12.0 Å². The Labute approximate surface area is 105 Å². The molecule has 0 aliphatic rings. The fourth-order valence-electron chi connectivity index (χ4n) is 1.43. The summed E-state index contributed by atoms with van der Waals surface area (Å²) >= 11 is 0. The van der Waals surface area contributed by atoms with Crippen LogP contribution in [0.4, 0.5) is 0 Å². The first-order chi connectivity index (χ1) is 8.63. The molecule has 0 saturated carbocycles. The van der Waals surface area contributed by atoms with Crippen LogP contribution in [0.2, 0.25) is 0 Å². The molecule has 6 nitrogen and oxygen atoms in total. The number of rotatable bonds is 7. The molecule has 0 atom stereocenters. The van der Waals surface area contributed by atoms with E-state index in [9.17, 15) is 9.59 Å². The van der Waals surface area contributed by atoms with Crippen molar-refractivity contribution in [2.24, 2.45) is 0 Å². The highest BCUT2D eigenvalue weighted by Crippen LogP contribution is 2.00. The molecule has 6 heteroatoms. The van der Waals surface area contributed by atoms with Crippen LogP contribution in [0.25, 0.3) is 0 Å². The number of aromatic nitrogens is 1. The second-order valence-corrected chi connectivity index (χ2v) is 3.70. The first-order valence-corrected chi connectivity index (χ1v) is 5.52. The van der Waals surface area contributed by atoms with Gasteiger partial charge in [-0.15, -0.1) is 0 Å². The van der Waals surface area contributed by atoms with E-state index < -0.39 is 5.97 Å². The Morgan fingerprint density at radius 1 is 1.44 bits per heavy atom. The van der Waals surface area contributed by atoms with Crippen LogP contribution in [0, 0.1) is 0 Å². The first-order valence-electron chi connectivity index (χ1n) is 5.52. The van der Waals surface area contributed by atoms with Crippen LogP contribution in [0.5, 0.6) is 0 Å². The van der Waals surface area contributed by atoms with Gasteiger partial charge in [0.1, 0.15) is 6.54 Å². The lowest BCUT2D eigenvalue weighted by atomic mass is 10.2. The van der Waals surface area contributed by atoms with E-state index in [-0.39, 0.29) is 25.4 Å². The molecule has 0 aliphatic carbocycles. The highest BCUT2D eigenvalue weighted by Gasteiger charge is 2.17. The SMILES string of the molecule is COCCN(CC(=O)O)C(=O)Cc1ccccn1. The van der Waals surface area contributed by atoms with Gasteiger partial charge < -0.3 is 14.7 Å². The van der Waals surface area contributed by atoms with E-state index in [0.29, 0.717) is 12.3 Å². The fraction of sp³-hybridized carbons (Fsp3) is 0.417. The second-order valence-electron chi connectivity index (χ2n) is 3.70. The average molecular weight is 252 g/mol. The molecule has 1 aromatic rings. The molecule has 0 saturated heterocycles. The average Bonchev–Trinajstić information content (AvgIpc) is 2.35. The van der Waals surface area contributed by atoms with Gasteiger partial charge in [-0.3, -0.25) is 14.6 Å². The quantitative estimate of drug-likeness (QED) is 0.749. The second kappa shape index (κ2) is 7.39. The molecule has 0 aromatic carbocycles. The zero-order chi connectivity index (χ0) is 13.4. The number of pyridine rings is 1. The van der Waals surface area contributed by atoms with Gasteiger partial charge in [0, 0.05) is 25.5 Å². The summed E-state index contributed by atoms with van der Waals surface area (Å²) < 4.78 is 4.85. The Morgan fingerprint density at radius 3 is 2.78 bits per heavy atom. The maximum Gasteiger partial charge on any atom is 0.323 e. The number of aliphatic carboxylic acids is 1. The van der Waals surface area contributed by atoms with Crippen LogP contribution in [0.15, 0.2) is 24.4 Å². The summed E-state index contributed by atoms with van der Waals surface area (Å²) in [5.74, 6) is -1.31. The van der Waals surface area contributed by atoms with Crippen LogP contribution < -0.4 is 0 Å². The highest BCUT2D eigenvalue weighted by molar-refractivity contribution is 5.82. The van der Waals surface area contributed by atoms with Crippen molar-refractivity contribution in [2.45, 2.75) is 6.42 Å². The molecular formula is C12H16N2O4. The summed E-state index contributed by atoms with van der Waals surface area (Å²) in [5, 5.41) is 8.75. The molecule has 1 N–H and O–H groups in total. The summed E-state index contributed by atoms with van der Waals surface area (Å²) in [6.45, 7) is 0.241. The summed E-state index contributed by atoms with van der Waals surface area (Å²) in [6.07, 6.45) is 1.69. The third-order valence-corrected chi connectivity index (χ3v) is 2.30. The minimum Gasteiger partial charge on any atom is -0.480 e. The summed E-state index contributed by atoms with van der Waals surface area (Å²) in [5.41, 5.74) is 0.621. The number of carboxylic acid groups (broad SMARTS) is 1. The van der Waals surface area contributed by atoms with Gasteiger partial charge in [0.2, 0.25) is 5.91 Å². The predicted molar refractivity (Wildman–Crippen MR) is 64.0 cm³/mol. The molecule has 1 amide bonds. The normalized spacial score (nSPS) is 10.1. The molecule has 0 fully saturated rings. The lowest BCUT2D eigenvalue weighted by Gasteiger charge is -2.20. The van der Waals surface area contributed by atoms with Gasteiger partial charge in [-0.1, -0.05) is 6.07 Å². The highest BCUT2D eigenvalue weighted by atomic mass is 16.5. The standard InChI is InChI=1S/C12H16N2O4/c1-18-7-6-14(9-12(16)17)11(15)8-10-4-2-3-5-13-10/h2-5H,6-9H2,1H3,(H,16,17). The van der Waals surface area contributed by atoms with Crippen LogP contribution in [0.1, 0.15) is 5.69 Å². The van der Waals surface area contributed by atoms with Gasteiger partial charge in [-0.2, -0.15) is 0 Å². The molecule has 18 heavy (non-hydrogen) atoms. The van der Waals surface area contributed by atoms with Gasteiger partial charge in [0.15, 0.2) is 0 Å². The number of hydrogen-bond donors (Lipinski definition) is 1. The molecule has 0 spiro atoms. The van der Waals surface area contributed by atoms with Gasteiger partial charge >= 0.3 is 5.97 Å². The topological polar surface area (TPSA) is 79.7 Å². The maximum absolute atomic E-state index is 11.9. The molecular weight excluding hydrogens is 236 g/mol. The van der Waals surface area contributed by atoms with E-state index in [1.54, 1.807) is 24.4 Å². The summed E-state index contributed by atoms with van der Waals surface area (Å²) in [6, 6.07) is 5.27. The Hall–Kier alpha value is -1.95. The Kier molecular flexibility index (Phi) is 5.79. The smallest absolute Gasteiger partial charge is 0.323 e. The molecule has 0 unspecified atom stereocenters. The molecule has 1 heterocycles. The third kappa shape index (κ3) is 4.92. The van der Waals surface area contributed by atoms with Crippen molar-refractivity contribution in [3.63, 3.8) is 0 Å². The lowest BCUT2D eigenvalue weighted by molar-refractivity contribution is -0.144. The maximum atomic E-state index is 11.9. The van der Waals surface area contributed by atoms with Crippen molar-refractivity contribution in [3.8, 4) is 0 Å². The molecule has 0 bridgehead atoms. The number of carbonyl (C=O) groups excluding carboxylic acids is 1. The van der Waals surface area contributed by atoms with Crippen molar-refractivity contribution in [1.82, 2.24) is 9.88 Å². The number of amides is 1. The van der Waals surface area contributed by atoms with Crippen molar-refractivity contribution in [3.05, 3.63) is 30.1 Å². The number of hydrogen-bond acceptors (Lipinski definition) is 4. The predicted octanol–water partition coefficient (Wildman–Crippen LogP) is 0.184. The van der Waals surface area contributed by atoms with Gasteiger partial charge in [-0.05, 0) is 12.1 Å². The Balaban J connectivity index is 2.60. The number of carboxylic acids is 1. The largest absolute Gasteiger partial charge is 0.480 e. The third-order valence-electron chi connectivity index (χ3n) is 2.30. The summed E-state index contributed by atoms with van der Waals surface area (Å²) in [4.78, 5) is 27.9. The Morgan fingerprint density at radius 2 is 2.22 bits per heavy atom. The number of carbonyl (C=O) groups is 2. The van der Waals surface area contributed by atoms with E-state index in [2.05, 4.69) is 4.98 Å². The van der Waals surface area contributed by atoms with Crippen molar-refractivity contribution >= 4 is 11.9 Å². The van der Waals surface area contributed by atoms with E-state index in [1.807, 2.05) is 0 Å². The molecule has 1 aromatic heterocycles. The van der Waals surface area contributed by atoms with Crippen LogP contribution >= 0.6 is 0 Å². The molecule has 0 radical (unpaired) electrons. The minimum atomic E-state index is -1.04. The van der Waals surface area contributed by atoms with Crippen LogP contribution in [0.3, 0.4) is 0 Å². The first kappa shape index (κ1) is 14.1. The minimum absolute atomic E-state index is 0.0951. The van der Waals surface area contributed by atoms with Gasteiger partial charge in [0.25, 0.3) is 0 Å². The lowest BCUT2D eigenvalue weighted by Crippen LogP contribution is -2.39. The monoisotopic (exact) mass is 252 g/mol. The van der Waals surface area contributed by atoms with Crippen LogP contribution in [-0.4, -0.2) is 53.7 Å². The van der Waals surface area contributed by atoms with Crippen LogP contribution in [-0.2, 0) is 20.7 Å². The van der Waals surface area contributed by atoms with Crippen molar-refractivity contribution in [2.75, 3.05) is 26.8 Å².